The number of aromatic hydroxyl groups is 1. The molecule has 0 bridgehead atoms. The number of hydrogen-bond donors (Lipinski definition) is 1. The predicted molar refractivity (Wildman–Crippen MR) is 97.1 cm³/mol. The summed E-state index contributed by atoms with van der Waals surface area (Å²) in [5.41, 5.74) is 2.85. The number of alkyl halides is 3. The minimum Gasteiger partial charge on any atom is -0.507 e. The minimum atomic E-state index is -4.50. The van der Waals surface area contributed by atoms with Gasteiger partial charge in [0.25, 0.3) is 0 Å². The second-order valence-corrected chi connectivity index (χ2v) is 7.49. The molecular weight excluding hydrogens is 371 g/mol. The van der Waals surface area contributed by atoms with Crippen LogP contribution < -0.4 is 0 Å². The highest BCUT2D eigenvalue weighted by Gasteiger charge is 2.32. The quantitative estimate of drug-likeness (QED) is 0.868. The van der Waals surface area contributed by atoms with Crippen LogP contribution in [0.2, 0.25) is 0 Å². The first kappa shape index (κ1) is 19.1. The Morgan fingerprint density at radius 1 is 1.21 bits per heavy atom. The van der Waals surface area contributed by atoms with Gasteiger partial charge in [0.1, 0.15) is 11.4 Å². The molecule has 1 N–H and O–H groups in total. The summed E-state index contributed by atoms with van der Waals surface area (Å²) in [4.78, 5) is 2.22. The molecule has 1 aliphatic heterocycles. The lowest BCUT2D eigenvalue weighted by Gasteiger charge is -2.30. The molecule has 2 heterocycles. The van der Waals surface area contributed by atoms with Gasteiger partial charge in [0.05, 0.1) is 24.0 Å². The molecule has 0 spiro atoms. The zero-order valence-corrected chi connectivity index (χ0v) is 15.6. The van der Waals surface area contributed by atoms with Gasteiger partial charge in [0.15, 0.2) is 0 Å². The lowest BCUT2D eigenvalue weighted by molar-refractivity contribution is -0.137. The van der Waals surface area contributed by atoms with Gasteiger partial charge in [-0.15, -0.1) is 5.10 Å². The molecule has 2 aliphatic rings. The Kier molecular flexibility index (Phi) is 5.01. The third kappa shape index (κ3) is 3.71. The molecule has 1 aromatic carbocycles. The van der Waals surface area contributed by atoms with Crippen molar-refractivity contribution in [1.29, 1.82) is 0 Å². The molecule has 1 fully saturated rings. The fourth-order valence-corrected chi connectivity index (χ4v) is 4.05. The number of nitrogens with zero attached hydrogens (tertiary/aromatic N) is 3. The molecule has 5 nitrogen and oxygen atoms in total. The predicted octanol–water partition coefficient (Wildman–Crippen LogP) is 3.23. The molecule has 0 unspecified atom stereocenters. The van der Waals surface area contributed by atoms with Gasteiger partial charge < -0.3 is 14.7 Å². The molecule has 4 rings (SSSR count). The van der Waals surface area contributed by atoms with Crippen molar-refractivity contribution in [3.05, 3.63) is 40.6 Å². The molecule has 0 amide bonds. The van der Waals surface area contributed by atoms with Crippen molar-refractivity contribution in [2.75, 3.05) is 26.7 Å². The Morgan fingerprint density at radius 2 is 2.00 bits per heavy atom. The van der Waals surface area contributed by atoms with Crippen LogP contribution in [0.3, 0.4) is 0 Å². The monoisotopic (exact) mass is 393 g/mol. The Bertz CT molecular complexity index is 886. The first-order valence-electron chi connectivity index (χ1n) is 9.41. The fourth-order valence-electron chi connectivity index (χ4n) is 4.05. The van der Waals surface area contributed by atoms with E-state index in [1.54, 1.807) is 0 Å². The van der Waals surface area contributed by atoms with Crippen LogP contribution in [0.5, 0.6) is 5.75 Å². The van der Waals surface area contributed by atoms with Gasteiger partial charge in [-0.1, -0.05) is 0 Å². The van der Waals surface area contributed by atoms with Gasteiger partial charge in [-0.3, -0.25) is 0 Å². The van der Waals surface area contributed by atoms with Crippen LogP contribution in [0.4, 0.5) is 13.2 Å². The number of rotatable bonds is 3. The molecule has 1 atom stereocenters. The normalized spacial score (nSPS) is 20.4. The van der Waals surface area contributed by atoms with Crippen molar-refractivity contribution in [1.82, 2.24) is 15.1 Å². The number of phenolic OH excluding ortho intramolecular Hbond substituents is 1. The van der Waals surface area contributed by atoms with Crippen LogP contribution in [0.1, 0.15) is 28.8 Å². The molecule has 8 heteroatoms. The van der Waals surface area contributed by atoms with E-state index in [1.807, 2.05) is 0 Å². The van der Waals surface area contributed by atoms with E-state index in [9.17, 15) is 18.3 Å². The number of ether oxygens (including phenoxy) is 1. The summed E-state index contributed by atoms with van der Waals surface area (Å²) < 4.78 is 44.4. The van der Waals surface area contributed by atoms with E-state index in [0.29, 0.717) is 24.3 Å². The number of morpholine rings is 1. The summed E-state index contributed by atoms with van der Waals surface area (Å²) in [7, 11) is 2.06. The highest BCUT2D eigenvalue weighted by molar-refractivity contribution is 5.71. The number of aromatic nitrogens is 2. The number of halogens is 3. The maximum atomic E-state index is 12.9. The summed E-state index contributed by atoms with van der Waals surface area (Å²) in [5.74, 6) is -0.428. The molecule has 28 heavy (non-hydrogen) atoms. The average Bonchev–Trinajstić information content (AvgIpc) is 3.12. The van der Waals surface area contributed by atoms with Gasteiger partial charge in [0, 0.05) is 25.1 Å². The Morgan fingerprint density at radius 3 is 2.71 bits per heavy atom. The molecular formula is C20H22F3N3O2. The highest BCUT2D eigenvalue weighted by Crippen LogP contribution is 2.39. The van der Waals surface area contributed by atoms with Crippen molar-refractivity contribution >= 4 is 0 Å². The Labute approximate surface area is 161 Å². The van der Waals surface area contributed by atoms with Crippen LogP contribution in [0.25, 0.3) is 11.3 Å². The van der Waals surface area contributed by atoms with Crippen molar-refractivity contribution in [2.45, 2.75) is 38.0 Å². The fraction of sp³-hybridized carbons (Fsp3) is 0.500. The lowest BCUT2D eigenvalue weighted by Crippen LogP contribution is -2.41. The third-order valence-corrected chi connectivity index (χ3v) is 5.47. The highest BCUT2D eigenvalue weighted by atomic mass is 19.4. The van der Waals surface area contributed by atoms with Crippen molar-refractivity contribution in [2.24, 2.45) is 0 Å². The maximum Gasteiger partial charge on any atom is 0.416 e. The summed E-state index contributed by atoms with van der Waals surface area (Å²) in [6, 6.07) is 3.00. The second kappa shape index (κ2) is 7.33. The molecule has 150 valence electrons. The summed E-state index contributed by atoms with van der Waals surface area (Å²) in [6.07, 6.45) is -1.20. The summed E-state index contributed by atoms with van der Waals surface area (Å²) >= 11 is 0. The standard InChI is InChI=1S/C20H22F3N3O2/c1-26-7-8-28-13(11-26)10-17-14-3-2-4-15(14)19(25-24-17)16-6-5-12(9-18(16)27)20(21,22)23/h5-6,9,13,27H,2-4,7-8,10-11H2,1H3/t13-/m0/s1. The molecule has 1 saturated heterocycles. The molecule has 2 aromatic rings. The van der Waals surface area contributed by atoms with Crippen LogP contribution >= 0.6 is 0 Å². The van der Waals surface area contributed by atoms with Gasteiger partial charge in [0.2, 0.25) is 0 Å². The van der Waals surface area contributed by atoms with E-state index in [2.05, 4.69) is 22.1 Å². The van der Waals surface area contributed by atoms with Gasteiger partial charge in [-0.2, -0.15) is 18.3 Å². The van der Waals surface area contributed by atoms with E-state index in [0.717, 1.165) is 61.3 Å². The van der Waals surface area contributed by atoms with E-state index < -0.39 is 17.5 Å². The van der Waals surface area contributed by atoms with Gasteiger partial charge in [-0.05, 0) is 55.6 Å². The molecule has 1 aromatic heterocycles. The van der Waals surface area contributed by atoms with Crippen molar-refractivity contribution in [3.63, 3.8) is 0 Å². The summed E-state index contributed by atoms with van der Waals surface area (Å²) in [6.45, 7) is 2.43. The lowest BCUT2D eigenvalue weighted by atomic mass is 9.98. The zero-order chi connectivity index (χ0) is 19.9. The zero-order valence-electron chi connectivity index (χ0n) is 15.6. The molecule has 0 saturated carbocycles. The maximum absolute atomic E-state index is 12.9. The number of likely N-dealkylation sites (N-methyl/N-ethyl adjacent to an activating group) is 1. The van der Waals surface area contributed by atoms with Gasteiger partial charge >= 0.3 is 6.18 Å². The topological polar surface area (TPSA) is 58.5 Å². The largest absolute Gasteiger partial charge is 0.507 e. The Hall–Kier alpha value is -2.19. The van der Waals surface area contributed by atoms with E-state index >= 15 is 0 Å². The van der Waals surface area contributed by atoms with E-state index in [4.69, 9.17) is 4.74 Å². The number of benzene rings is 1. The van der Waals surface area contributed by atoms with E-state index in [1.165, 1.54) is 6.07 Å². The van der Waals surface area contributed by atoms with E-state index in [-0.39, 0.29) is 6.10 Å². The first-order chi connectivity index (χ1) is 13.3. The smallest absolute Gasteiger partial charge is 0.416 e. The van der Waals surface area contributed by atoms with Crippen LogP contribution in [-0.2, 0) is 30.2 Å². The van der Waals surface area contributed by atoms with Crippen LogP contribution in [0, 0.1) is 0 Å². The number of fused-ring (bicyclic) bond motifs is 1. The van der Waals surface area contributed by atoms with Crippen LogP contribution in [-0.4, -0.2) is 53.1 Å². The third-order valence-electron chi connectivity index (χ3n) is 5.47. The SMILES string of the molecule is CN1CCO[C@@H](Cc2nnc(-c3ccc(C(F)(F)F)cc3O)c3c2CCC3)C1. The number of hydrogen-bond acceptors (Lipinski definition) is 5. The van der Waals surface area contributed by atoms with Crippen molar-refractivity contribution < 1.29 is 23.0 Å². The van der Waals surface area contributed by atoms with Crippen molar-refractivity contribution in [3.8, 4) is 17.0 Å². The second-order valence-electron chi connectivity index (χ2n) is 7.49. The summed E-state index contributed by atoms with van der Waals surface area (Å²) in [5, 5.41) is 18.9. The first-order valence-corrected chi connectivity index (χ1v) is 9.41. The molecule has 0 radical (unpaired) electrons. The minimum absolute atomic E-state index is 0.0584. The number of phenols is 1. The Balaban J connectivity index is 1.66. The average molecular weight is 393 g/mol. The van der Waals surface area contributed by atoms with Crippen LogP contribution in [0.15, 0.2) is 18.2 Å². The molecule has 1 aliphatic carbocycles. The van der Waals surface area contributed by atoms with Gasteiger partial charge in [-0.25, -0.2) is 0 Å².